The van der Waals surface area contributed by atoms with Crippen molar-refractivity contribution < 1.29 is 33.3 Å². The molecule has 0 saturated heterocycles. The Morgan fingerprint density at radius 3 is 2.29 bits per heavy atom. The van der Waals surface area contributed by atoms with Crippen molar-refractivity contribution in [2.45, 2.75) is 66.4 Å². The standard InChI is InChI=1S/C10H18O3.C9H10N2O4.C3H8/c1-3-10(11)13-6-8(2)12-7-9-4-5-9;1-5(12)15-8-6(14-2)3-4-11-7(8)9(10)13;1-3-2/h8-9H,3-7H2,1-2H3;3-4H,1-2H3,(H2,10,13);3H2,1-2H3. The zero-order valence-corrected chi connectivity index (χ0v) is 19.4. The first-order valence-electron chi connectivity index (χ1n) is 10.5. The maximum atomic E-state index is 11.0. The number of aromatic nitrogens is 1. The van der Waals surface area contributed by atoms with Crippen molar-refractivity contribution >= 4 is 17.8 Å². The van der Waals surface area contributed by atoms with Gasteiger partial charge in [-0.2, -0.15) is 0 Å². The van der Waals surface area contributed by atoms with Crippen LogP contribution < -0.4 is 15.2 Å². The topological polar surface area (TPSA) is 127 Å². The highest BCUT2D eigenvalue weighted by Gasteiger charge is 2.22. The van der Waals surface area contributed by atoms with E-state index in [1.54, 1.807) is 6.92 Å². The van der Waals surface area contributed by atoms with Gasteiger partial charge >= 0.3 is 11.9 Å². The number of amides is 1. The minimum atomic E-state index is -0.787. The maximum absolute atomic E-state index is 11.0. The summed E-state index contributed by atoms with van der Waals surface area (Å²) in [6.07, 6.45) is 5.65. The van der Waals surface area contributed by atoms with Crippen LogP contribution in [0, 0.1) is 5.92 Å². The molecule has 1 amide bonds. The van der Waals surface area contributed by atoms with Crippen LogP contribution in [0.3, 0.4) is 0 Å². The highest BCUT2D eigenvalue weighted by Crippen LogP contribution is 2.29. The molecule has 1 aliphatic carbocycles. The van der Waals surface area contributed by atoms with Gasteiger partial charge in [0.15, 0.2) is 11.4 Å². The molecular weight excluding hydrogens is 404 g/mol. The summed E-state index contributed by atoms with van der Waals surface area (Å²) in [6.45, 7) is 10.4. The summed E-state index contributed by atoms with van der Waals surface area (Å²) in [5.41, 5.74) is 4.93. The Hall–Kier alpha value is -2.68. The predicted octanol–water partition coefficient (Wildman–Crippen LogP) is 3.29. The number of ether oxygens (including phenoxy) is 4. The first-order chi connectivity index (χ1) is 14.7. The molecule has 2 N–H and O–H groups in total. The lowest BCUT2D eigenvalue weighted by Gasteiger charge is -2.12. The first-order valence-corrected chi connectivity index (χ1v) is 10.5. The molecule has 1 aliphatic rings. The second-order valence-electron chi connectivity index (χ2n) is 6.98. The number of hydrogen-bond donors (Lipinski definition) is 1. The van der Waals surface area contributed by atoms with E-state index >= 15 is 0 Å². The van der Waals surface area contributed by atoms with Crippen LogP contribution in [0.15, 0.2) is 12.3 Å². The van der Waals surface area contributed by atoms with Gasteiger partial charge in [0.25, 0.3) is 5.91 Å². The molecule has 9 heteroatoms. The van der Waals surface area contributed by atoms with Crippen LogP contribution in [0.4, 0.5) is 0 Å². The lowest BCUT2D eigenvalue weighted by atomic mass is 10.3. The first kappa shape index (κ1) is 28.3. The molecule has 1 unspecified atom stereocenters. The van der Waals surface area contributed by atoms with Gasteiger partial charge in [-0.05, 0) is 25.7 Å². The fourth-order valence-corrected chi connectivity index (χ4v) is 1.95. The molecule has 9 nitrogen and oxygen atoms in total. The van der Waals surface area contributed by atoms with Crippen LogP contribution in [0.1, 0.15) is 70.8 Å². The van der Waals surface area contributed by atoms with Gasteiger partial charge in [-0.1, -0.05) is 27.2 Å². The molecular formula is C22H36N2O7. The van der Waals surface area contributed by atoms with Crippen LogP contribution in [0.25, 0.3) is 0 Å². The number of carbonyl (C=O) groups excluding carboxylic acids is 3. The van der Waals surface area contributed by atoms with Crippen molar-refractivity contribution in [3.05, 3.63) is 18.0 Å². The van der Waals surface area contributed by atoms with Crippen molar-refractivity contribution in [2.75, 3.05) is 20.3 Å². The smallest absolute Gasteiger partial charge is 0.308 e. The fourth-order valence-electron chi connectivity index (χ4n) is 1.95. The van der Waals surface area contributed by atoms with E-state index < -0.39 is 11.9 Å². The molecule has 1 fully saturated rings. The number of pyridine rings is 1. The average molecular weight is 441 g/mol. The molecule has 1 aromatic heterocycles. The van der Waals surface area contributed by atoms with Crippen molar-refractivity contribution in [3.63, 3.8) is 0 Å². The second kappa shape index (κ2) is 16.1. The van der Waals surface area contributed by atoms with Gasteiger partial charge in [0.1, 0.15) is 6.61 Å². The Labute approximate surface area is 184 Å². The Bertz CT molecular complexity index is 690. The van der Waals surface area contributed by atoms with E-state index in [0.717, 1.165) is 12.5 Å². The average Bonchev–Trinajstić information content (AvgIpc) is 3.55. The third-order valence-corrected chi connectivity index (χ3v) is 3.65. The molecule has 0 radical (unpaired) electrons. The van der Waals surface area contributed by atoms with E-state index in [2.05, 4.69) is 18.8 Å². The second-order valence-corrected chi connectivity index (χ2v) is 6.98. The summed E-state index contributed by atoms with van der Waals surface area (Å²) in [6, 6.07) is 1.46. The minimum absolute atomic E-state index is 0.0381. The third-order valence-electron chi connectivity index (χ3n) is 3.65. The SMILES string of the molecule is CCC.CCC(=O)OCC(C)OCC1CC1.COc1ccnc(C(N)=O)c1OC(C)=O. The Morgan fingerprint density at radius 2 is 1.84 bits per heavy atom. The number of hydrogen-bond acceptors (Lipinski definition) is 8. The lowest BCUT2D eigenvalue weighted by molar-refractivity contribution is -0.147. The van der Waals surface area contributed by atoms with Gasteiger partial charge in [-0.3, -0.25) is 14.4 Å². The van der Waals surface area contributed by atoms with Gasteiger partial charge in [0, 0.05) is 32.2 Å². The highest BCUT2D eigenvalue weighted by atomic mass is 16.6. The number of methoxy groups -OCH3 is 1. The van der Waals surface area contributed by atoms with E-state index in [9.17, 15) is 14.4 Å². The van der Waals surface area contributed by atoms with E-state index in [1.807, 2.05) is 6.92 Å². The molecule has 31 heavy (non-hydrogen) atoms. The van der Waals surface area contributed by atoms with Gasteiger partial charge < -0.3 is 24.7 Å². The molecule has 0 bridgehead atoms. The Kier molecular flexibility index (Phi) is 14.7. The minimum Gasteiger partial charge on any atom is -0.493 e. The van der Waals surface area contributed by atoms with Gasteiger partial charge in [0.05, 0.1) is 13.2 Å². The van der Waals surface area contributed by atoms with Crippen molar-refractivity contribution in [1.29, 1.82) is 0 Å². The van der Waals surface area contributed by atoms with E-state index in [0.29, 0.717) is 13.0 Å². The Balaban J connectivity index is 0.000000519. The van der Waals surface area contributed by atoms with Crippen LogP contribution in [-0.4, -0.2) is 49.3 Å². The molecule has 0 aromatic carbocycles. The molecule has 0 aliphatic heterocycles. The van der Waals surface area contributed by atoms with Gasteiger partial charge in [0.2, 0.25) is 5.75 Å². The number of nitrogens with zero attached hydrogens (tertiary/aromatic N) is 1. The molecule has 0 spiro atoms. The zero-order chi connectivity index (χ0) is 23.8. The van der Waals surface area contributed by atoms with E-state index in [-0.39, 0.29) is 29.3 Å². The normalized spacial score (nSPS) is 12.8. The fraction of sp³-hybridized carbons (Fsp3) is 0.636. The van der Waals surface area contributed by atoms with Crippen LogP contribution in [0.5, 0.6) is 11.5 Å². The van der Waals surface area contributed by atoms with Crippen LogP contribution >= 0.6 is 0 Å². The maximum Gasteiger partial charge on any atom is 0.308 e. The summed E-state index contributed by atoms with van der Waals surface area (Å²) < 4.78 is 20.1. The zero-order valence-electron chi connectivity index (χ0n) is 19.4. The summed E-state index contributed by atoms with van der Waals surface area (Å²) >= 11 is 0. The number of rotatable bonds is 9. The molecule has 176 valence electrons. The van der Waals surface area contributed by atoms with E-state index in [1.165, 1.54) is 45.6 Å². The summed E-state index contributed by atoms with van der Waals surface area (Å²) in [5, 5.41) is 0. The quantitative estimate of drug-likeness (QED) is 0.580. The van der Waals surface area contributed by atoms with Crippen molar-refractivity contribution in [2.24, 2.45) is 11.7 Å². The van der Waals surface area contributed by atoms with Crippen molar-refractivity contribution in [1.82, 2.24) is 4.98 Å². The van der Waals surface area contributed by atoms with Gasteiger partial charge in [-0.15, -0.1) is 0 Å². The summed E-state index contributed by atoms with van der Waals surface area (Å²) in [7, 11) is 1.38. The Morgan fingerprint density at radius 1 is 1.23 bits per heavy atom. The third kappa shape index (κ3) is 13.3. The number of primary amides is 1. The largest absolute Gasteiger partial charge is 0.493 e. The highest BCUT2D eigenvalue weighted by molar-refractivity contribution is 5.95. The van der Waals surface area contributed by atoms with Crippen molar-refractivity contribution in [3.8, 4) is 11.5 Å². The lowest BCUT2D eigenvalue weighted by Crippen LogP contribution is -2.19. The van der Waals surface area contributed by atoms with Crippen LogP contribution in [0.2, 0.25) is 0 Å². The van der Waals surface area contributed by atoms with E-state index in [4.69, 9.17) is 24.7 Å². The number of nitrogens with two attached hydrogens (primary N) is 1. The number of esters is 2. The summed E-state index contributed by atoms with van der Waals surface area (Å²) in [4.78, 5) is 36.3. The van der Waals surface area contributed by atoms with Crippen LogP contribution in [-0.2, 0) is 19.1 Å². The summed E-state index contributed by atoms with van der Waals surface area (Å²) in [5.74, 6) is -0.575. The molecule has 1 aromatic rings. The molecule has 1 saturated carbocycles. The predicted molar refractivity (Wildman–Crippen MR) is 116 cm³/mol. The van der Waals surface area contributed by atoms with Gasteiger partial charge in [-0.25, -0.2) is 4.98 Å². The molecule has 2 rings (SSSR count). The molecule has 1 atom stereocenters. The molecule has 1 heterocycles. The number of carbonyl (C=O) groups is 3. The monoisotopic (exact) mass is 440 g/mol.